The molecule has 18 heavy (non-hydrogen) atoms. The monoisotopic (exact) mass is 240 g/mol. The van der Waals surface area contributed by atoms with Gasteiger partial charge in [-0.15, -0.1) is 0 Å². The average molecular weight is 240 g/mol. The van der Waals surface area contributed by atoms with Crippen molar-refractivity contribution in [2.45, 2.75) is 19.9 Å². The summed E-state index contributed by atoms with van der Waals surface area (Å²) in [4.78, 5) is 9.02. The van der Waals surface area contributed by atoms with Gasteiger partial charge in [0.2, 0.25) is 5.90 Å². The predicted molar refractivity (Wildman–Crippen MR) is 72.9 cm³/mol. The van der Waals surface area contributed by atoms with Crippen LogP contribution >= 0.6 is 0 Å². The first-order valence-electron chi connectivity index (χ1n) is 6.30. The number of nitrogens with zero attached hydrogens (tertiary/aromatic N) is 2. The molecule has 0 fully saturated rings. The van der Waals surface area contributed by atoms with Gasteiger partial charge in [-0.05, 0) is 17.4 Å². The molecule has 0 saturated heterocycles. The van der Waals surface area contributed by atoms with Crippen LogP contribution in [0.5, 0.6) is 0 Å². The lowest BCUT2D eigenvalue weighted by atomic mass is 10.1. The lowest BCUT2D eigenvalue weighted by Crippen LogP contribution is -2.13. The minimum Gasteiger partial charge on any atom is -0.474 e. The van der Waals surface area contributed by atoms with Gasteiger partial charge in [0, 0.05) is 11.6 Å². The van der Waals surface area contributed by atoms with Crippen LogP contribution in [0.4, 0.5) is 0 Å². The Morgan fingerprint density at radius 1 is 1.22 bits per heavy atom. The van der Waals surface area contributed by atoms with E-state index in [4.69, 9.17) is 4.74 Å². The molecule has 0 saturated carbocycles. The minimum atomic E-state index is 0.258. The number of aromatic nitrogens is 1. The van der Waals surface area contributed by atoms with Crippen LogP contribution in [0.15, 0.2) is 41.5 Å². The fraction of sp³-hybridized carbons (Fsp3) is 0.333. The molecule has 92 valence electrons. The zero-order valence-electron chi connectivity index (χ0n) is 10.6. The van der Waals surface area contributed by atoms with Crippen molar-refractivity contribution in [3.8, 4) is 0 Å². The Morgan fingerprint density at radius 3 is 2.72 bits per heavy atom. The van der Waals surface area contributed by atoms with E-state index in [2.05, 4.69) is 36.0 Å². The molecule has 3 rings (SSSR count). The molecule has 1 aliphatic heterocycles. The van der Waals surface area contributed by atoms with E-state index < -0.39 is 0 Å². The molecule has 0 aliphatic carbocycles. The highest BCUT2D eigenvalue weighted by atomic mass is 16.5. The third-order valence-electron chi connectivity index (χ3n) is 3.29. The van der Waals surface area contributed by atoms with Gasteiger partial charge in [0.15, 0.2) is 0 Å². The predicted octanol–water partition coefficient (Wildman–Crippen LogP) is 3.04. The number of pyridine rings is 1. The first kappa shape index (κ1) is 11.2. The molecular formula is C15H16N2O. The fourth-order valence-corrected chi connectivity index (χ4v) is 2.07. The highest BCUT2D eigenvalue weighted by molar-refractivity contribution is 5.97. The Hall–Kier alpha value is -1.90. The van der Waals surface area contributed by atoms with Crippen LogP contribution in [0.25, 0.3) is 10.8 Å². The van der Waals surface area contributed by atoms with Crippen LogP contribution in [0.2, 0.25) is 0 Å². The van der Waals surface area contributed by atoms with Crippen LogP contribution < -0.4 is 0 Å². The zero-order chi connectivity index (χ0) is 12.5. The standard InChI is InChI=1S/C15H16N2O/c1-10(2)14-9-18-15(17-14)13-7-11-5-3-4-6-12(11)8-16-13/h3-8,10,14H,9H2,1-2H3. The molecular weight excluding hydrogens is 224 g/mol. The van der Waals surface area contributed by atoms with Crippen molar-refractivity contribution >= 4 is 16.7 Å². The highest BCUT2D eigenvalue weighted by Crippen LogP contribution is 2.19. The number of hydrogen-bond acceptors (Lipinski definition) is 3. The van der Waals surface area contributed by atoms with Gasteiger partial charge >= 0.3 is 0 Å². The van der Waals surface area contributed by atoms with E-state index in [0.717, 1.165) is 11.1 Å². The summed E-state index contributed by atoms with van der Waals surface area (Å²) >= 11 is 0. The van der Waals surface area contributed by atoms with E-state index in [9.17, 15) is 0 Å². The number of hydrogen-bond donors (Lipinski definition) is 0. The van der Waals surface area contributed by atoms with Crippen molar-refractivity contribution in [1.29, 1.82) is 0 Å². The Bertz CT molecular complexity index is 604. The number of aliphatic imine (C=N–C) groups is 1. The Balaban J connectivity index is 1.98. The molecule has 2 heterocycles. The van der Waals surface area contributed by atoms with Crippen LogP contribution in [-0.2, 0) is 4.74 Å². The molecule has 2 aromatic rings. The molecule has 1 atom stereocenters. The molecule has 0 radical (unpaired) electrons. The first-order chi connectivity index (χ1) is 8.74. The molecule has 0 spiro atoms. The van der Waals surface area contributed by atoms with Crippen molar-refractivity contribution < 1.29 is 4.74 Å². The van der Waals surface area contributed by atoms with Crippen molar-refractivity contribution in [2.75, 3.05) is 6.61 Å². The van der Waals surface area contributed by atoms with Gasteiger partial charge in [-0.2, -0.15) is 0 Å². The molecule has 0 amide bonds. The fourth-order valence-electron chi connectivity index (χ4n) is 2.07. The lowest BCUT2D eigenvalue weighted by molar-refractivity contribution is 0.291. The summed E-state index contributed by atoms with van der Waals surface area (Å²) in [5.74, 6) is 1.18. The molecule has 1 aromatic heterocycles. The van der Waals surface area contributed by atoms with E-state index in [1.54, 1.807) is 0 Å². The quantitative estimate of drug-likeness (QED) is 0.808. The molecule has 1 aromatic carbocycles. The van der Waals surface area contributed by atoms with Gasteiger partial charge in [0.05, 0.1) is 6.04 Å². The van der Waals surface area contributed by atoms with Crippen molar-refractivity contribution in [1.82, 2.24) is 4.98 Å². The molecule has 1 unspecified atom stereocenters. The topological polar surface area (TPSA) is 34.5 Å². The van der Waals surface area contributed by atoms with Crippen LogP contribution in [0.3, 0.4) is 0 Å². The minimum absolute atomic E-state index is 0.258. The third kappa shape index (κ3) is 1.96. The van der Waals surface area contributed by atoms with Crippen LogP contribution in [0.1, 0.15) is 19.5 Å². The number of benzene rings is 1. The van der Waals surface area contributed by atoms with Gasteiger partial charge in [0.25, 0.3) is 0 Å². The van der Waals surface area contributed by atoms with E-state index >= 15 is 0 Å². The summed E-state index contributed by atoms with van der Waals surface area (Å²) in [7, 11) is 0. The maximum Gasteiger partial charge on any atom is 0.235 e. The van der Waals surface area contributed by atoms with Gasteiger partial charge in [-0.25, -0.2) is 4.99 Å². The van der Waals surface area contributed by atoms with E-state index in [1.165, 1.54) is 5.39 Å². The lowest BCUT2D eigenvalue weighted by Gasteiger charge is -2.06. The maximum atomic E-state index is 5.65. The maximum absolute atomic E-state index is 5.65. The highest BCUT2D eigenvalue weighted by Gasteiger charge is 2.23. The molecule has 3 heteroatoms. The Labute approximate surface area is 107 Å². The Morgan fingerprint density at radius 2 is 2.00 bits per heavy atom. The van der Waals surface area contributed by atoms with E-state index in [1.807, 2.05) is 24.4 Å². The average Bonchev–Trinajstić information content (AvgIpc) is 2.88. The summed E-state index contributed by atoms with van der Waals surface area (Å²) < 4.78 is 5.65. The zero-order valence-corrected chi connectivity index (χ0v) is 10.6. The van der Waals surface area contributed by atoms with Gasteiger partial charge in [0.1, 0.15) is 12.3 Å². The largest absolute Gasteiger partial charge is 0.474 e. The number of fused-ring (bicyclic) bond motifs is 1. The Kier molecular flexibility index (Phi) is 2.74. The summed E-state index contributed by atoms with van der Waals surface area (Å²) in [5.41, 5.74) is 0.830. The second kappa shape index (κ2) is 4.41. The van der Waals surface area contributed by atoms with Crippen molar-refractivity contribution in [3.05, 3.63) is 42.2 Å². The summed E-state index contributed by atoms with van der Waals surface area (Å²) in [6.45, 7) is 4.99. The summed E-state index contributed by atoms with van der Waals surface area (Å²) in [6, 6.07) is 10.5. The van der Waals surface area contributed by atoms with Crippen molar-refractivity contribution in [2.24, 2.45) is 10.9 Å². The van der Waals surface area contributed by atoms with E-state index in [-0.39, 0.29) is 6.04 Å². The summed E-state index contributed by atoms with van der Waals surface area (Å²) in [5, 5.41) is 2.31. The number of ether oxygens (including phenoxy) is 1. The smallest absolute Gasteiger partial charge is 0.235 e. The SMILES string of the molecule is CC(C)C1COC(c2cc3ccccc3cn2)=N1. The number of rotatable bonds is 2. The van der Waals surface area contributed by atoms with E-state index in [0.29, 0.717) is 18.4 Å². The normalized spacial score (nSPS) is 19.1. The summed E-state index contributed by atoms with van der Waals surface area (Å²) in [6.07, 6.45) is 1.87. The van der Waals surface area contributed by atoms with Crippen molar-refractivity contribution in [3.63, 3.8) is 0 Å². The molecule has 3 nitrogen and oxygen atoms in total. The first-order valence-corrected chi connectivity index (χ1v) is 6.30. The van der Waals surface area contributed by atoms with Gasteiger partial charge in [-0.1, -0.05) is 38.1 Å². The van der Waals surface area contributed by atoms with Gasteiger partial charge < -0.3 is 4.74 Å². The van der Waals surface area contributed by atoms with Crippen LogP contribution in [0, 0.1) is 5.92 Å². The van der Waals surface area contributed by atoms with Gasteiger partial charge in [-0.3, -0.25) is 4.98 Å². The molecule has 1 aliphatic rings. The van der Waals surface area contributed by atoms with Crippen LogP contribution in [-0.4, -0.2) is 23.5 Å². The molecule has 0 bridgehead atoms. The molecule has 0 N–H and O–H groups in total. The second-order valence-electron chi connectivity index (χ2n) is 4.97. The second-order valence-corrected chi connectivity index (χ2v) is 4.97. The third-order valence-corrected chi connectivity index (χ3v) is 3.29.